The molecule has 5 aromatic rings. The molecule has 0 bridgehead atoms. The van der Waals surface area contributed by atoms with Crippen molar-refractivity contribution in [3.63, 3.8) is 0 Å². The average molecular weight is 818 g/mol. The van der Waals surface area contributed by atoms with Gasteiger partial charge in [-0.15, -0.1) is 0 Å². The molecule has 13 heteroatoms. The molecule has 0 spiro atoms. The van der Waals surface area contributed by atoms with Crippen LogP contribution in [0.15, 0.2) is 151 Å². The summed E-state index contributed by atoms with van der Waals surface area (Å²) in [7, 11) is 3.16. The Bertz CT molecular complexity index is 2030. The van der Waals surface area contributed by atoms with Gasteiger partial charge in [0.1, 0.15) is 60.8 Å². The van der Waals surface area contributed by atoms with E-state index >= 15 is 0 Å². The molecule has 5 aromatic carbocycles. The Morgan fingerprint density at radius 1 is 0.517 bits per heavy atom. The number of hydrogen-bond acceptors (Lipinski definition) is 11. The van der Waals surface area contributed by atoms with Crippen molar-refractivity contribution < 1.29 is 47.4 Å². The molecule has 2 aliphatic heterocycles. The standard InChI is InChI=1S/C47H51N3O10/c1-51-37-23-25-38(26-24-37)54-32-40-43(45(47(52-2)59-40)57-30-36-21-13-6-14-22-36)60-46-41(49-50-48)44(56-29-35-19-11-5-12-20-35)42(55-28-34-17-9-4-10-18-34)39(58-46)31-53-27-33-15-7-3-8-16-33/h3-26,39-47H,27-32H2,1-2H3/t39-,40-,41-,42-,43-,44-,45-,46+,47?/m1/s1. The molecule has 9 atom stereocenters. The Kier molecular flexibility index (Phi) is 15.9. The molecule has 2 heterocycles. The second-order valence-corrected chi connectivity index (χ2v) is 14.4. The van der Waals surface area contributed by atoms with Gasteiger partial charge in [0.05, 0.1) is 40.1 Å². The van der Waals surface area contributed by atoms with Crippen molar-refractivity contribution in [2.24, 2.45) is 5.11 Å². The van der Waals surface area contributed by atoms with E-state index in [1.807, 2.05) is 146 Å². The van der Waals surface area contributed by atoms with Crippen LogP contribution in [0, 0.1) is 0 Å². The SMILES string of the molecule is COc1ccc(OC[C@H]2OC(OC)[C@H](OCc3ccccc3)[C@@H]2O[C@@H]2O[C@H](COCc3ccccc3)[C@@H](OCc3ccccc3)[C@H](OCc3ccccc3)[C@H]2N=[N+]=[N-])cc1. The van der Waals surface area contributed by atoms with E-state index in [0.717, 1.165) is 22.3 Å². The molecule has 2 fully saturated rings. The van der Waals surface area contributed by atoms with E-state index in [4.69, 9.17) is 47.4 Å². The van der Waals surface area contributed by atoms with Gasteiger partial charge in [0, 0.05) is 12.0 Å². The maximum Gasteiger partial charge on any atom is 0.186 e. The summed E-state index contributed by atoms with van der Waals surface area (Å²) in [5.74, 6) is 1.30. The van der Waals surface area contributed by atoms with Gasteiger partial charge in [-0.3, -0.25) is 0 Å². The molecule has 0 saturated carbocycles. The van der Waals surface area contributed by atoms with Crippen LogP contribution < -0.4 is 9.47 Å². The zero-order chi connectivity index (χ0) is 41.4. The zero-order valence-corrected chi connectivity index (χ0v) is 33.7. The molecule has 13 nitrogen and oxygen atoms in total. The smallest absolute Gasteiger partial charge is 0.186 e. The molecule has 1 unspecified atom stereocenters. The molecule has 0 amide bonds. The van der Waals surface area contributed by atoms with Gasteiger partial charge in [0.2, 0.25) is 0 Å². The van der Waals surface area contributed by atoms with Crippen LogP contribution in [0.3, 0.4) is 0 Å². The minimum Gasteiger partial charge on any atom is -0.497 e. The summed E-state index contributed by atoms with van der Waals surface area (Å²) in [6.07, 6.45) is -6.61. The first kappa shape index (κ1) is 42.8. The average Bonchev–Trinajstić information content (AvgIpc) is 3.64. The van der Waals surface area contributed by atoms with E-state index in [2.05, 4.69) is 10.0 Å². The lowest BCUT2D eigenvalue weighted by atomic mass is 9.96. The second-order valence-electron chi connectivity index (χ2n) is 14.4. The van der Waals surface area contributed by atoms with Crippen LogP contribution in [-0.2, 0) is 64.3 Å². The third-order valence-corrected chi connectivity index (χ3v) is 10.3. The highest BCUT2D eigenvalue weighted by molar-refractivity contribution is 5.31. The van der Waals surface area contributed by atoms with Crippen LogP contribution in [-0.4, -0.2) is 82.7 Å². The zero-order valence-electron chi connectivity index (χ0n) is 33.7. The summed E-state index contributed by atoms with van der Waals surface area (Å²) in [6.45, 7) is 1.22. The van der Waals surface area contributed by atoms with Gasteiger partial charge in [0.25, 0.3) is 0 Å². The fraction of sp³-hybridized carbons (Fsp3) is 0.362. The fourth-order valence-electron chi connectivity index (χ4n) is 7.24. The van der Waals surface area contributed by atoms with Gasteiger partial charge in [-0.25, -0.2) is 0 Å². The number of rotatable bonds is 21. The number of hydrogen-bond donors (Lipinski definition) is 0. The van der Waals surface area contributed by atoms with Crippen molar-refractivity contribution in [3.8, 4) is 11.5 Å². The van der Waals surface area contributed by atoms with Gasteiger partial charge in [-0.05, 0) is 52.1 Å². The molecule has 0 radical (unpaired) electrons. The number of nitrogens with zero attached hydrogens (tertiary/aromatic N) is 3. The van der Waals surface area contributed by atoms with Crippen molar-refractivity contribution in [1.29, 1.82) is 0 Å². The van der Waals surface area contributed by atoms with Gasteiger partial charge in [0.15, 0.2) is 12.6 Å². The Morgan fingerprint density at radius 2 is 0.983 bits per heavy atom. The van der Waals surface area contributed by atoms with Crippen molar-refractivity contribution in [2.45, 2.75) is 81.7 Å². The van der Waals surface area contributed by atoms with Crippen molar-refractivity contribution >= 4 is 0 Å². The van der Waals surface area contributed by atoms with Crippen molar-refractivity contribution in [1.82, 2.24) is 0 Å². The summed E-state index contributed by atoms with van der Waals surface area (Å²) < 4.78 is 63.9. The van der Waals surface area contributed by atoms with Crippen molar-refractivity contribution in [3.05, 3.63) is 178 Å². The Hall–Kier alpha value is -5.31. The topological polar surface area (TPSA) is 141 Å². The molecule has 60 heavy (non-hydrogen) atoms. The Morgan fingerprint density at radius 3 is 1.50 bits per heavy atom. The van der Waals surface area contributed by atoms with Gasteiger partial charge < -0.3 is 47.4 Å². The van der Waals surface area contributed by atoms with Crippen LogP contribution in [0.1, 0.15) is 22.3 Å². The summed E-state index contributed by atoms with van der Waals surface area (Å²) in [5.41, 5.74) is 13.9. The highest BCUT2D eigenvalue weighted by Gasteiger charge is 2.53. The van der Waals surface area contributed by atoms with Crippen LogP contribution in [0.4, 0.5) is 0 Å². The largest absolute Gasteiger partial charge is 0.497 e. The highest BCUT2D eigenvalue weighted by atomic mass is 16.8. The summed E-state index contributed by atoms with van der Waals surface area (Å²) >= 11 is 0. The molecule has 0 aliphatic carbocycles. The van der Waals surface area contributed by atoms with E-state index in [9.17, 15) is 5.53 Å². The lowest BCUT2D eigenvalue weighted by molar-refractivity contribution is -0.304. The third-order valence-electron chi connectivity index (χ3n) is 10.3. The van der Waals surface area contributed by atoms with Gasteiger partial charge >= 0.3 is 0 Å². The summed E-state index contributed by atoms with van der Waals surface area (Å²) in [6, 6.07) is 45.5. The highest BCUT2D eigenvalue weighted by Crippen LogP contribution is 2.36. The number of methoxy groups -OCH3 is 2. The Balaban J connectivity index is 1.20. The first-order valence-electron chi connectivity index (χ1n) is 20.0. The van der Waals surface area contributed by atoms with Gasteiger partial charge in [-0.2, -0.15) is 0 Å². The first-order chi connectivity index (χ1) is 29.6. The van der Waals surface area contributed by atoms with Gasteiger partial charge in [-0.1, -0.05) is 126 Å². The minimum absolute atomic E-state index is 0.0708. The number of azide groups is 1. The monoisotopic (exact) mass is 817 g/mol. The molecular formula is C47H51N3O10. The molecule has 7 rings (SSSR count). The molecule has 0 N–H and O–H groups in total. The molecule has 314 valence electrons. The van der Waals surface area contributed by atoms with Crippen LogP contribution in [0.25, 0.3) is 10.4 Å². The quantitative estimate of drug-likeness (QED) is 0.0404. The normalized spacial score (nSPS) is 25.0. The summed E-state index contributed by atoms with van der Waals surface area (Å²) in [4.78, 5) is 3.28. The van der Waals surface area contributed by atoms with Crippen LogP contribution in [0.5, 0.6) is 11.5 Å². The van der Waals surface area contributed by atoms with E-state index in [0.29, 0.717) is 18.1 Å². The fourth-order valence-corrected chi connectivity index (χ4v) is 7.24. The van der Waals surface area contributed by atoms with E-state index in [1.165, 1.54) is 0 Å². The minimum atomic E-state index is -1.17. The van der Waals surface area contributed by atoms with Crippen LogP contribution >= 0.6 is 0 Å². The van der Waals surface area contributed by atoms with E-state index in [1.54, 1.807) is 14.2 Å². The maximum absolute atomic E-state index is 10.1. The summed E-state index contributed by atoms with van der Waals surface area (Å²) in [5, 5.41) is 4.29. The maximum atomic E-state index is 10.1. The lowest BCUT2D eigenvalue weighted by Gasteiger charge is -2.45. The third kappa shape index (κ3) is 11.7. The van der Waals surface area contributed by atoms with Crippen molar-refractivity contribution in [2.75, 3.05) is 27.4 Å². The number of ether oxygens (including phenoxy) is 10. The molecule has 0 aromatic heterocycles. The molecule has 2 saturated heterocycles. The molecular weight excluding hydrogens is 767 g/mol. The number of benzene rings is 5. The second kappa shape index (κ2) is 22.3. The Labute approximate surface area is 350 Å². The predicted molar refractivity (Wildman–Crippen MR) is 222 cm³/mol. The predicted octanol–water partition coefficient (Wildman–Crippen LogP) is 8.21. The van der Waals surface area contributed by atoms with E-state index < -0.39 is 55.2 Å². The van der Waals surface area contributed by atoms with E-state index in [-0.39, 0.29) is 33.0 Å². The lowest BCUT2D eigenvalue weighted by Crippen LogP contribution is -2.61. The van der Waals surface area contributed by atoms with Crippen LogP contribution in [0.2, 0.25) is 0 Å². The molecule has 2 aliphatic rings. The first-order valence-corrected chi connectivity index (χ1v) is 20.0.